The Bertz CT molecular complexity index is 171. The maximum absolute atomic E-state index is 11.2. The number of hydrogen-bond acceptors (Lipinski definition) is 2. The SMILES string of the molecule is CCC(=O)CC(C)(C)OCCC(C)C. The lowest BCUT2D eigenvalue weighted by Gasteiger charge is -2.24. The third-order valence-electron chi connectivity index (χ3n) is 2.21. The van der Waals surface area contributed by atoms with E-state index in [-0.39, 0.29) is 11.4 Å². The van der Waals surface area contributed by atoms with Crippen LogP contribution in [0.3, 0.4) is 0 Å². The van der Waals surface area contributed by atoms with Crippen molar-refractivity contribution in [1.82, 2.24) is 0 Å². The molecule has 0 bridgehead atoms. The highest BCUT2D eigenvalue weighted by Crippen LogP contribution is 2.17. The molecular weight excluding hydrogens is 176 g/mol. The van der Waals surface area contributed by atoms with E-state index in [4.69, 9.17) is 4.74 Å². The van der Waals surface area contributed by atoms with Crippen molar-refractivity contribution in [3.05, 3.63) is 0 Å². The van der Waals surface area contributed by atoms with Gasteiger partial charge in [-0.2, -0.15) is 0 Å². The summed E-state index contributed by atoms with van der Waals surface area (Å²) in [5.74, 6) is 0.937. The summed E-state index contributed by atoms with van der Waals surface area (Å²) < 4.78 is 5.69. The van der Waals surface area contributed by atoms with Gasteiger partial charge in [-0.15, -0.1) is 0 Å². The van der Waals surface area contributed by atoms with Crippen molar-refractivity contribution in [2.75, 3.05) is 6.61 Å². The molecule has 0 amide bonds. The maximum atomic E-state index is 11.2. The molecule has 0 saturated heterocycles. The van der Waals surface area contributed by atoms with Gasteiger partial charge in [-0.05, 0) is 26.2 Å². The number of rotatable bonds is 7. The molecule has 84 valence electrons. The van der Waals surface area contributed by atoms with Crippen LogP contribution in [-0.4, -0.2) is 18.0 Å². The minimum atomic E-state index is -0.290. The molecule has 0 radical (unpaired) electrons. The first-order valence-corrected chi connectivity index (χ1v) is 5.53. The largest absolute Gasteiger partial charge is 0.375 e. The van der Waals surface area contributed by atoms with E-state index in [1.165, 1.54) is 0 Å². The van der Waals surface area contributed by atoms with Crippen molar-refractivity contribution in [1.29, 1.82) is 0 Å². The Morgan fingerprint density at radius 1 is 1.36 bits per heavy atom. The quantitative estimate of drug-likeness (QED) is 0.631. The zero-order chi connectivity index (χ0) is 11.2. The fraction of sp³-hybridized carbons (Fsp3) is 0.917. The Balaban J connectivity index is 3.77. The summed E-state index contributed by atoms with van der Waals surface area (Å²) in [4.78, 5) is 11.2. The molecule has 0 heterocycles. The van der Waals surface area contributed by atoms with Gasteiger partial charge in [0.2, 0.25) is 0 Å². The molecule has 0 atom stereocenters. The Morgan fingerprint density at radius 2 is 1.93 bits per heavy atom. The van der Waals surface area contributed by atoms with Crippen LogP contribution >= 0.6 is 0 Å². The predicted molar refractivity (Wildman–Crippen MR) is 59.4 cm³/mol. The Kier molecular flexibility index (Phi) is 6.01. The Hall–Kier alpha value is -0.370. The van der Waals surface area contributed by atoms with E-state index in [2.05, 4.69) is 13.8 Å². The monoisotopic (exact) mass is 200 g/mol. The van der Waals surface area contributed by atoms with Crippen LogP contribution in [0.5, 0.6) is 0 Å². The summed E-state index contributed by atoms with van der Waals surface area (Å²) in [5, 5.41) is 0. The molecule has 0 N–H and O–H groups in total. The predicted octanol–water partition coefficient (Wildman–Crippen LogP) is 3.20. The summed E-state index contributed by atoms with van der Waals surface area (Å²) >= 11 is 0. The van der Waals surface area contributed by atoms with Crippen LogP contribution in [0.25, 0.3) is 0 Å². The third kappa shape index (κ3) is 7.07. The van der Waals surface area contributed by atoms with Crippen LogP contribution in [0.4, 0.5) is 0 Å². The van der Waals surface area contributed by atoms with Gasteiger partial charge in [0.05, 0.1) is 5.60 Å². The van der Waals surface area contributed by atoms with Crippen LogP contribution in [-0.2, 0) is 9.53 Å². The molecule has 0 aromatic carbocycles. The molecule has 0 unspecified atom stereocenters. The molecule has 2 nitrogen and oxygen atoms in total. The van der Waals surface area contributed by atoms with Crippen molar-refractivity contribution in [3.8, 4) is 0 Å². The zero-order valence-electron chi connectivity index (χ0n) is 10.2. The average Bonchev–Trinajstić information content (AvgIpc) is 2.02. The lowest BCUT2D eigenvalue weighted by molar-refractivity contribution is -0.125. The molecule has 0 aromatic heterocycles. The molecule has 0 aliphatic heterocycles. The smallest absolute Gasteiger partial charge is 0.135 e. The number of carbonyl (C=O) groups is 1. The van der Waals surface area contributed by atoms with Crippen LogP contribution < -0.4 is 0 Å². The van der Waals surface area contributed by atoms with E-state index >= 15 is 0 Å². The summed E-state index contributed by atoms with van der Waals surface area (Å²) in [6.45, 7) is 11.0. The van der Waals surface area contributed by atoms with Crippen LogP contribution in [0.15, 0.2) is 0 Å². The van der Waals surface area contributed by atoms with Gasteiger partial charge in [0.25, 0.3) is 0 Å². The van der Waals surface area contributed by atoms with Crippen LogP contribution in [0, 0.1) is 5.92 Å². The fourth-order valence-electron chi connectivity index (χ4n) is 1.22. The summed E-state index contributed by atoms with van der Waals surface area (Å²) in [5.41, 5.74) is -0.290. The number of Topliss-reactive ketones (excluding diaryl/α,β-unsaturated/α-hetero) is 1. The molecule has 0 spiro atoms. The molecule has 0 aliphatic carbocycles. The molecule has 0 aliphatic rings. The van der Waals surface area contributed by atoms with E-state index in [9.17, 15) is 4.79 Å². The molecule has 0 rings (SSSR count). The summed E-state index contributed by atoms with van der Waals surface area (Å²) in [6, 6.07) is 0. The molecule has 2 heteroatoms. The average molecular weight is 200 g/mol. The fourth-order valence-corrected chi connectivity index (χ4v) is 1.22. The number of ether oxygens (including phenoxy) is 1. The van der Waals surface area contributed by atoms with E-state index in [0.29, 0.717) is 18.8 Å². The van der Waals surface area contributed by atoms with Gasteiger partial charge in [-0.25, -0.2) is 0 Å². The highest BCUT2D eigenvalue weighted by atomic mass is 16.5. The lowest BCUT2D eigenvalue weighted by Crippen LogP contribution is -2.28. The number of carbonyl (C=O) groups excluding carboxylic acids is 1. The molecule has 0 aromatic rings. The highest BCUT2D eigenvalue weighted by Gasteiger charge is 2.21. The molecular formula is C12H24O2. The van der Waals surface area contributed by atoms with E-state index in [0.717, 1.165) is 13.0 Å². The Labute approximate surface area is 88.0 Å². The number of hydrogen-bond donors (Lipinski definition) is 0. The standard InChI is InChI=1S/C12H24O2/c1-6-11(13)9-12(4,5)14-8-7-10(2)3/h10H,6-9H2,1-5H3. The highest BCUT2D eigenvalue weighted by molar-refractivity contribution is 5.78. The summed E-state index contributed by atoms with van der Waals surface area (Å²) in [7, 11) is 0. The van der Waals surface area contributed by atoms with E-state index < -0.39 is 0 Å². The lowest BCUT2D eigenvalue weighted by atomic mass is 10.0. The van der Waals surface area contributed by atoms with Crippen molar-refractivity contribution in [2.45, 2.75) is 59.5 Å². The third-order valence-corrected chi connectivity index (χ3v) is 2.21. The maximum Gasteiger partial charge on any atom is 0.135 e. The minimum Gasteiger partial charge on any atom is -0.375 e. The first-order chi connectivity index (χ1) is 6.37. The van der Waals surface area contributed by atoms with Gasteiger partial charge < -0.3 is 4.74 Å². The topological polar surface area (TPSA) is 26.3 Å². The van der Waals surface area contributed by atoms with E-state index in [1.807, 2.05) is 20.8 Å². The Morgan fingerprint density at radius 3 is 2.36 bits per heavy atom. The molecule has 14 heavy (non-hydrogen) atoms. The molecule has 0 saturated carbocycles. The second-order valence-corrected chi connectivity index (χ2v) is 4.86. The van der Waals surface area contributed by atoms with Gasteiger partial charge in [0, 0.05) is 19.4 Å². The van der Waals surface area contributed by atoms with Crippen LogP contribution in [0.1, 0.15) is 53.9 Å². The van der Waals surface area contributed by atoms with Crippen molar-refractivity contribution < 1.29 is 9.53 Å². The van der Waals surface area contributed by atoms with Gasteiger partial charge in [0.15, 0.2) is 0 Å². The van der Waals surface area contributed by atoms with Crippen LogP contribution in [0.2, 0.25) is 0 Å². The van der Waals surface area contributed by atoms with E-state index in [1.54, 1.807) is 0 Å². The van der Waals surface area contributed by atoms with Crippen molar-refractivity contribution in [3.63, 3.8) is 0 Å². The first kappa shape index (κ1) is 13.6. The minimum absolute atomic E-state index is 0.277. The van der Waals surface area contributed by atoms with Crippen molar-refractivity contribution >= 4 is 5.78 Å². The van der Waals surface area contributed by atoms with Gasteiger partial charge in [-0.1, -0.05) is 20.8 Å². The van der Waals surface area contributed by atoms with Gasteiger partial charge >= 0.3 is 0 Å². The zero-order valence-corrected chi connectivity index (χ0v) is 10.2. The molecule has 0 fully saturated rings. The van der Waals surface area contributed by atoms with Gasteiger partial charge in [-0.3, -0.25) is 4.79 Å². The second kappa shape index (κ2) is 6.18. The normalized spacial score (nSPS) is 12.1. The van der Waals surface area contributed by atoms with Gasteiger partial charge in [0.1, 0.15) is 5.78 Å². The number of ketones is 1. The van der Waals surface area contributed by atoms with Crippen molar-refractivity contribution in [2.24, 2.45) is 5.92 Å². The first-order valence-electron chi connectivity index (χ1n) is 5.53. The second-order valence-electron chi connectivity index (χ2n) is 4.86. The summed E-state index contributed by atoms with van der Waals surface area (Å²) in [6.07, 6.45) is 2.20.